The second-order valence-corrected chi connectivity index (χ2v) is 5.10. The maximum atomic E-state index is 12.5. The molecular weight excluding hydrogens is 228 g/mol. The van der Waals surface area contributed by atoms with Gasteiger partial charge in [-0.1, -0.05) is 19.3 Å². The van der Waals surface area contributed by atoms with E-state index in [1.807, 2.05) is 13.0 Å². The monoisotopic (exact) mass is 248 g/mol. The summed E-state index contributed by atoms with van der Waals surface area (Å²) in [5, 5.41) is 10.5. The molecule has 1 N–H and O–H groups in total. The first-order valence-corrected chi connectivity index (χ1v) is 6.49. The molecule has 0 saturated heterocycles. The Kier molecular flexibility index (Phi) is 3.71. The molecule has 0 bridgehead atoms. The van der Waals surface area contributed by atoms with E-state index < -0.39 is 5.60 Å². The molecule has 1 aromatic carbocycles. The molecule has 0 unspecified atom stereocenters. The summed E-state index contributed by atoms with van der Waals surface area (Å²) in [5.41, 5.74) is 0.316. The summed E-state index contributed by atoms with van der Waals surface area (Å²) in [6.07, 6.45) is 4.13. The molecule has 0 aliphatic heterocycles. The van der Waals surface area contributed by atoms with Crippen molar-refractivity contribution < 1.29 is 14.6 Å². The van der Waals surface area contributed by atoms with Crippen molar-refractivity contribution in [2.75, 3.05) is 7.11 Å². The first-order valence-electron chi connectivity index (χ1n) is 6.49. The number of aliphatic hydroxyl groups is 1. The van der Waals surface area contributed by atoms with Gasteiger partial charge in [0.15, 0.2) is 5.78 Å². The van der Waals surface area contributed by atoms with Crippen molar-refractivity contribution in [3.05, 3.63) is 29.3 Å². The molecule has 1 aliphatic rings. The molecule has 1 aromatic rings. The first kappa shape index (κ1) is 13.1. The Morgan fingerprint density at radius 3 is 2.50 bits per heavy atom. The Morgan fingerprint density at radius 2 is 1.94 bits per heavy atom. The third-order valence-corrected chi connectivity index (χ3v) is 3.78. The summed E-state index contributed by atoms with van der Waals surface area (Å²) in [6.45, 7) is 1.88. The quantitative estimate of drug-likeness (QED) is 0.837. The molecule has 0 atom stereocenters. The van der Waals surface area contributed by atoms with Gasteiger partial charge < -0.3 is 9.84 Å². The van der Waals surface area contributed by atoms with E-state index in [4.69, 9.17) is 4.74 Å². The van der Waals surface area contributed by atoms with Crippen molar-refractivity contribution in [1.82, 2.24) is 0 Å². The second-order valence-electron chi connectivity index (χ2n) is 5.10. The fourth-order valence-corrected chi connectivity index (χ4v) is 2.63. The summed E-state index contributed by atoms with van der Waals surface area (Å²) in [6, 6.07) is 5.36. The second kappa shape index (κ2) is 5.11. The van der Waals surface area contributed by atoms with Gasteiger partial charge in [-0.25, -0.2) is 0 Å². The van der Waals surface area contributed by atoms with Gasteiger partial charge in [-0.2, -0.15) is 0 Å². The van der Waals surface area contributed by atoms with E-state index in [1.165, 1.54) is 0 Å². The van der Waals surface area contributed by atoms with Gasteiger partial charge in [0.05, 0.1) is 7.11 Å². The van der Waals surface area contributed by atoms with Gasteiger partial charge in [-0.15, -0.1) is 0 Å². The van der Waals surface area contributed by atoms with E-state index in [0.29, 0.717) is 18.4 Å². The minimum atomic E-state index is -1.16. The van der Waals surface area contributed by atoms with Crippen molar-refractivity contribution in [3.63, 3.8) is 0 Å². The lowest BCUT2D eigenvalue weighted by atomic mass is 9.79. The van der Waals surface area contributed by atoms with Crippen LogP contribution in [0.2, 0.25) is 0 Å². The van der Waals surface area contributed by atoms with Crippen LogP contribution in [0.4, 0.5) is 0 Å². The Bertz CT molecular complexity index is 445. The standard InChI is InChI=1S/C15H20O3/c1-11-10-12(18-2)6-7-13(11)14(16)15(17)8-4-3-5-9-15/h6-7,10,17H,3-5,8-9H2,1-2H3. The van der Waals surface area contributed by atoms with E-state index in [9.17, 15) is 9.90 Å². The third-order valence-electron chi connectivity index (χ3n) is 3.78. The summed E-state index contributed by atoms with van der Waals surface area (Å²) < 4.78 is 5.13. The highest BCUT2D eigenvalue weighted by atomic mass is 16.5. The number of carbonyl (C=O) groups is 1. The van der Waals surface area contributed by atoms with Crippen LogP contribution < -0.4 is 4.74 Å². The smallest absolute Gasteiger partial charge is 0.194 e. The van der Waals surface area contributed by atoms with Crippen LogP contribution in [-0.2, 0) is 0 Å². The Labute approximate surface area is 108 Å². The summed E-state index contributed by atoms with van der Waals surface area (Å²) in [4.78, 5) is 12.5. The highest BCUT2D eigenvalue weighted by molar-refractivity contribution is 6.03. The van der Waals surface area contributed by atoms with Crippen LogP contribution in [0.5, 0.6) is 5.75 Å². The number of carbonyl (C=O) groups excluding carboxylic acids is 1. The van der Waals surface area contributed by atoms with E-state index in [0.717, 1.165) is 30.6 Å². The highest BCUT2D eigenvalue weighted by Gasteiger charge is 2.37. The number of ether oxygens (including phenoxy) is 1. The van der Waals surface area contributed by atoms with Crippen molar-refractivity contribution in [2.24, 2.45) is 0 Å². The molecule has 0 radical (unpaired) electrons. The fourth-order valence-electron chi connectivity index (χ4n) is 2.63. The van der Waals surface area contributed by atoms with Crippen molar-refractivity contribution in [1.29, 1.82) is 0 Å². The van der Waals surface area contributed by atoms with Gasteiger partial charge in [0.2, 0.25) is 0 Å². The van der Waals surface area contributed by atoms with Crippen LogP contribution in [0.1, 0.15) is 48.0 Å². The molecule has 0 heterocycles. The van der Waals surface area contributed by atoms with Crippen LogP contribution in [0.15, 0.2) is 18.2 Å². The molecule has 1 fully saturated rings. The maximum Gasteiger partial charge on any atom is 0.194 e. The molecule has 0 aromatic heterocycles. The lowest BCUT2D eigenvalue weighted by Gasteiger charge is -2.31. The van der Waals surface area contributed by atoms with Crippen LogP contribution in [0.3, 0.4) is 0 Å². The largest absolute Gasteiger partial charge is 0.497 e. The fraction of sp³-hybridized carbons (Fsp3) is 0.533. The van der Waals surface area contributed by atoms with Crippen LogP contribution in [0.25, 0.3) is 0 Å². The number of Topliss-reactive ketones (excluding diaryl/α,β-unsaturated/α-hetero) is 1. The van der Waals surface area contributed by atoms with Crippen molar-refractivity contribution in [2.45, 2.75) is 44.6 Å². The SMILES string of the molecule is COc1ccc(C(=O)C2(O)CCCCC2)c(C)c1. The summed E-state index contributed by atoms with van der Waals surface area (Å²) in [7, 11) is 1.60. The number of hydrogen-bond acceptors (Lipinski definition) is 3. The number of rotatable bonds is 3. The average molecular weight is 248 g/mol. The number of benzene rings is 1. The van der Waals surface area contributed by atoms with Gasteiger partial charge in [-0.05, 0) is 43.5 Å². The number of methoxy groups -OCH3 is 1. The van der Waals surface area contributed by atoms with Gasteiger partial charge in [0.1, 0.15) is 11.4 Å². The van der Waals surface area contributed by atoms with E-state index in [1.54, 1.807) is 19.2 Å². The zero-order valence-corrected chi connectivity index (χ0v) is 11.0. The first-order chi connectivity index (χ1) is 8.57. The molecule has 1 saturated carbocycles. The zero-order chi connectivity index (χ0) is 13.2. The Balaban J connectivity index is 2.28. The van der Waals surface area contributed by atoms with Gasteiger partial charge in [-0.3, -0.25) is 4.79 Å². The summed E-state index contributed by atoms with van der Waals surface area (Å²) >= 11 is 0. The normalized spacial score (nSPS) is 18.4. The molecular formula is C15H20O3. The van der Waals surface area contributed by atoms with Crippen molar-refractivity contribution >= 4 is 5.78 Å². The lowest BCUT2D eigenvalue weighted by Crippen LogP contribution is -2.40. The molecule has 2 rings (SSSR count). The van der Waals surface area contributed by atoms with Gasteiger partial charge in [0, 0.05) is 5.56 Å². The molecule has 98 valence electrons. The van der Waals surface area contributed by atoms with E-state index in [-0.39, 0.29) is 5.78 Å². The minimum Gasteiger partial charge on any atom is -0.497 e. The van der Waals surface area contributed by atoms with Gasteiger partial charge >= 0.3 is 0 Å². The number of ketones is 1. The van der Waals surface area contributed by atoms with Crippen LogP contribution >= 0.6 is 0 Å². The van der Waals surface area contributed by atoms with E-state index in [2.05, 4.69) is 0 Å². The Hall–Kier alpha value is -1.35. The van der Waals surface area contributed by atoms with Crippen LogP contribution in [-0.4, -0.2) is 23.6 Å². The molecule has 1 aliphatic carbocycles. The topological polar surface area (TPSA) is 46.5 Å². The number of hydrogen-bond donors (Lipinski definition) is 1. The Morgan fingerprint density at radius 1 is 1.28 bits per heavy atom. The molecule has 0 amide bonds. The highest BCUT2D eigenvalue weighted by Crippen LogP contribution is 2.32. The molecule has 0 spiro atoms. The maximum absolute atomic E-state index is 12.5. The third kappa shape index (κ3) is 2.41. The minimum absolute atomic E-state index is 0.137. The van der Waals surface area contributed by atoms with Crippen LogP contribution in [0, 0.1) is 6.92 Å². The summed E-state index contributed by atoms with van der Waals surface area (Å²) in [5.74, 6) is 0.599. The molecule has 3 heteroatoms. The molecule has 18 heavy (non-hydrogen) atoms. The predicted molar refractivity (Wildman–Crippen MR) is 70.1 cm³/mol. The average Bonchev–Trinajstić information content (AvgIpc) is 2.38. The van der Waals surface area contributed by atoms with E-state index >= 15 is 0 Å². The number of aryl methyl sites for hydroxylation is 1. The molecule has 3 nitrogen and oxygen atoms in total. The lowest BCUT2D eigenvalue weighted by molar-refractivity contribution is 0.0116. The predicted octanol–water partition coefficient (Wildman–Crippen LogP) is 2.88. The van der Waals surface area contributed by atoms with Gasteiger partial charge in [0.25, 0.3) is 0 Å². The van der Waals surface area contributed by atoms with Crippen molar-refractivity contribution in [3.8, 4) is 5.75 Å². The zero-order valence-electron chi connectivity index (χ0n) is 11.0.